The van der Waals surface area contributed by atoms with Gasteiger partial charge in [-0.05, 0) is 42.7 Å². The van der Waals surface area contributed by atoms with E-state index in [1.807, 2.05) is 13.0 Å². The molecule has 0 amide bonds. The van der Waals surface area contributed by atoms with Gasteiger partial charge in [-0.2, -0.15) is 0 Å². The van der Waals surface area contributed by atoms with Crippen LogP contribution in [0.3, 0.4) is 0 Å². The minimum atomic E-state index is 0.301. The van der Waals surface area contributed by atoms with Gasteiger partial charge < -0.3 is 5.11 Å². The second-order valence-electron chi connectivity index (χ2n) is 4.21. The van der Waals surface area contributed by atoms with E-state index in [1.54, 1.807) is 12.1 Å². The molecule has 0 aliphatic heterocycles. The number of hydrogen-bond acceptors (Lipinski definition) is 2. The molecule has 78 valence electrons. The molecule has 0 aliphatic carbocycles. The molecule has 2 heteroatoms. The molecule has 0 bridgehead atoms. The first kappa shape index (κ1) is 9.97. The van der Waals surface area contributed by atoms with Crippen LogP contribution in [0.2, 0.25) is 0 Å². The Labute approximate surface area is 89.6 Å². The van der Waals surface area contributed by atoms with E-state index < -0.39 is 0 Å². The second kappa shape index (κ2) is 3.54. The van der Waals surface area contributed by atoms with Gasteiger partial charge in [-0.25, -0.2) is 0 Å². The molecule has 0 radical (unpaired) electrons. The third-order valence-electron chi connectivity index (χ3n) is 2.57. The number of aromatic nitrogens is 1. The van der Waals surface area contributed by atoms with Crippen molar-refractivity contribution in [1.29, 1.82) is 0 Å². The first-order chi connectivity index (χ1) is 7.08. The Morgan fingerprint density at radius 1 is 1.20 bits per heavy atom. The number of rotatable bonds is 1. The summed E-state index contributed by atoms with van der Waals surface area (Å²) in [5.74, 6) is 0.742. The fraction of sp³-hybridized carbons (Fsp3) is 0.308. The Hall–Kier alpha value is -1.57. The Balaban J connectivity index is 2.81. The summed E-state index contributed by atoms with van der Waals surface area (Å²) in [4.78, 5) is 4.45. The lowest BCUT2D eigenvalue weighted by molar-refractivity contribution is 0.476. The molecule has 0 spiro atoms. The van der Waals surface area contributed by atoms with Crippen LogP contribution in [0.25, 0.3) is 10.9 Å². The van der Waals surface area contributed by atoms with Gasteiger partial charge in [-0.15, -0.1) is 0 Å². The highest BCUT2D eigenvalue weighted by atomic mass is 16.3. The average Bonchev–Trinajstić information content (AvgIpc) is 2.17. The fourth-order valence-corrected chi connectivity index (χ4v) is 1.86. The highest BCUT2D eigenvalue weighted by molar-refractivity contribution is 5.84. The fourth-order valence-electron chi connectivity index (χ4n) is 1.86. The van der Waals surface area contributed by atoms with Gasteiger partial charge in [-0.1, -0.05) is 13.8 Å². The molecule has 0 saturated heterocycles. The zero-order valence-electron chi connectivity index (χ0n) is 9.28. The van der Waals surface area contributed by atoms with E-state index in [-0.39, 0.29) is 0 Å². The van der Waals surface area contributed by atoms with Crippen LogP contribution in [-0.2, 0) is 0 Å². The molecule has 0 aliphatic rings. The molecule has 1 heterocycles. The Bertz CT molecular complexity index is 503. The van der Waals surface area contributed by atoms with Crippen LogP contribution in [0, 0.1) is 6.92 Å². The standard InChI is InChI=1S/C13H15NO/c1-8(2)11-6-9(3)14-13-5-4-10(15)7-12(11)13/h4-8,15H,1-3H3. The number of aryl methyl sites for hydroxylation is 1. The van der Waals surface area contributed by atoms with Gasteiger partial charge in [-0.3, -0.25) is 4.98 Å². The monoisotopic (exact) mass is 201 g/mol. The number of hydrogen-bond donors (Lipinski definition) is 1. The molecule has 1 aromatic carbocycles. The van der Waals surface area contributed by atoms with Crippen molar-refractivity contribution in [1.82, 2.24) is 4.98 Å². The molecule has 2 rings (SSSR count). The average molecular weight is 201 g/mol. The van der Waals surface area contributed by atoms with Crippen LogP contribution in [-0.4, -0.2) is 10.1 Å². The van der Waals surface area contributed by atoms with Crippen molar-refractivity contribution < 1.29 is 5.11 Å². The first-order valence-electron chi connectivity index (χ1n) is 5.18. The highest BCUT2D eigenvalue weighted by Crippen LogP contribution is 2.27. The molecule has 0 saturated carbocycles. The van der Waals surface area contributed by atoms with E-state index in [0.717, 1.165) is 16.6 Å². The van der Waals surface area contributed by atoms with Gasteiger partial charge in [0.2, 0.25) is 0 Å². The summed E-state index contributed by atoms with van der Waals surface area (Å²) in [7, 11) is 0. The number of nitrogens with zero attached hydrogens (tertiary/aromatic N) is 1. The maximum Gasteiger partial charge on any atom is 0.116 e. The molecule has 15 heavy (non-hydrogen) atoms. The number of pyridine rings is 1. The maximum atomic E-state index is 9.48. The third-order valence-corrected chi connectivity index (χ3v) is 2.57. The van der Waals surface area contributed by atoms with E-state index in [0.29, 0.717) is 11.7 Å². The first-order valence-corrected chi connectivity index (χ1v) is 5.18. The molecule has 1 N–H and O–H groups in total. The smallest absolute Gasteiger partial charge is 0.116 e. The predicted molar refractivity (Wildman–Crippen MR) is 62.2 cm³/mol. The van der Waals surface area contributed by atoms with Crippen LogP contribution in [0.4, 0.5) is 0 Å². The van der Waals surface area contributed by atoms with Gasteiger partial charge in [0.1, 0.15) is 5.75 Å². The summed E-state index contributed by atoms with van der Waals surface area (Å²) in [5.41, 5.74) is 3.22. The van der Waals surface area contributed by atoms with E-state index in [1.165, 1.54) is 5.56 Å². The number of benzene rings is 1. The van der Waals surface area contributed by atoms with Crippen molar-refractivity contribution >= 4 is 10.9 Å². The lowest BCUT2D eigenvalue weighted by atomic mass is 9.98. The van der Waals surface area contributed by atoms with Gasteiger partial charge >= 0.3 is 0 Å². The normalized spacial score (nSPS) is 11.2. The Morgan fingerprint density at radius 3 is 2.60 bits per heavy atom. The van der Waals surface area contributed by atoms with Crippen molar-refractivity contribution in [3.8, 4) is 5.75 Å². The van der Waals surface area contributed by atoms with Crippen molar-refractivity contribution in [2.45, 2.75) is 26.7 Å². The Kier molecular flexibility index (Phi) is 2.35. The van der Waals surface area contributed by atoms with Crippen molar-refractivity contribution in [3.05, 3.63) is 35.5 Å². The molecule has 0 fully saturated rings. The molecular formula is C13H15NO. The van der Waals surface area contributed by atoms with Crippen LogP contribution in [0.5, 0.6) is 5.75 Å². The summed E-state index contributed by atoms with van der Waals surface area (Å²) >= 11 is 0. The summed E-state index contributed by atoms with van der Waals surface area (Å²) < 4.78 is 0. The topological polar surface area (TPSA) is 33.1 Å². The van der Waals surface area contributed by atoms with Crippen LogP contribution in [0.1, 0.15) is 31.0 Å². The second-order valence-corrected chi connectivity index (χ2v) is 4.21. The molecule has 1 aromatic heterocycles. The van der Waals surface area contributed by atoms with Gasteiger partial charge in [0.25, 0.3) is 0 Å². The molecular weight excluding hydrogens is 186 g/mol. The highest BCUT2D eigenvalue weighted by Gasteiger charge is 2.07. The molecule has 0 unspecified atom stereocenters. The summed E-state index contributed by atoms with van der Waals surface area (Å²) in [5, 5.41) is 10.5. The number of phenolic OH excluding ortho intramolecular Hbond substituents is 1. The molecule has 2 nitrogen and oxygen atoms in total. The zero-order valence-corrected chi connectivity index (χ0v) is 9.28. The predicted octanol–water partition coefficient (Wildman–Crippen LogP) is 3.37. The summed E-state index contributed by atoms with van der Waals surface area (Å²) in [6.07, 6.45) is 0. The van der Waals surface area contributed by atoms with Gasteiger partial charge in [0.15, 0.2) is 0 Å². The summed E-state index contributed by atoms with van der Waals surface area (Å²) in [6, 6.07) is 7.42. The van der Waals surface area contributed by atoms with Crippen LogP contribution in [0.15, 0.2) is 24.3 Å². The lowest BCUT2D eigenvalue weighted by Crippen LogP contribution is -1.93. The van der Waals surface area contributed by atoms with Gasteiger partial charge in [0.05, 0.1) is 5.52 Å². The number of fused-ring (bicyclic) bond motifs is 1. The quantitative estimate of drug-likeness (QED) is 0.767. The Morgan fingerprint density at radius 2 is 1.93 bits per heavy atom. The van der Waals surface area contributed by atoms with E-state index in [2.05, 4.69) is 24.9 Å². The van der Waals surface area contributed by atoms with Gasteiger partial charge in [0, 0.05) is 11.1 Å². The minimum absolute atomic E-state index is 0.301. The number of aromatic hydroxyl groups is 1. The van der Waals surface area contributed by atoms with E-state index in [9.17, 15) is 5.11 Å². The van der Waals surface area contributed by atoms with Crippen LogP contribution < -0.4 is 0 Å². The van der Waals surface area contributed by atoms with Crippen molar-refractivity contribution in [3.63, 3.8) is 0 Å². The number of phenols is 1. The summed E-state index contributed by atoms with van der Waals surface area (Å²) in [6.45, 7) is 6.30. The lowest BCUT2D eigenvalue weighted by Gasteiger charge is -2.11. The van der Waals surface area contributed by atoms with Crippen molar-refractivity contribution in [2.75, 3.05) is 0 Å². The largest absolute Gasteiger partial charge is 0.508 e. The molecule has 0 atom stereocenters. The maximum absolute atomic E-state index is 9.48. The van der Waals surface area contributed by atoms with Crippen LogP contribution >= 0.6 is 0 Å². The molecule has 2 aromatic rings. The third kappa shape index (κ3) is 1.80. The minimum Gasteiger partial charge on any atom is -0.508 e. The SMILES string of the molecule is Cc1cc(C(C)C)c2cc(O)ccc2n1. The van der Waals surface area contributed by atoms with E-state index >= 15 is 0 Å². The van der Waals surface area contributed by atoms with Crippen molar-refractivity contribution in [2.24, 2.45) is 0 Å². The van der Waals surface area contributed by atoms with E-state index in [4.69, 9.17) is 0 Å². The zero-order chi connectivity index (χ0) is 11.0.